The lowest BCUT2D eigenvalue weighted by molar-refractivity contribution is 0.00693. The molecule has 3 nitrogen and oxygen atoms in total. The van der Waals surface area contributed by atoms with Crippen LogP contribution < -0.4 is 0 Å². The molecule has 0 unspecified atom stereocenters. The maximum atomic E-state index is 12.2. The van der Waals surface area contributed by atoms with E-state index in [4.69, 9.17) is 9.47 Å². The van der Waals surface area contributed by atoms with Crippen LogP contribution >= 0.6 is 22.6 Å². The highest BCUT2D eigenvalue weighted by Crippen LogP contribution is 2.27. The highest BCUT2D eigenvalue weighted by Gasteiger charge is 2.19. The zero-order valence-electron chi connectivity index (χ0n) is 13.9. The lowest BCUT2D eigenvalue weighted by atomic mass is 9.98. The van der Waals surface area contributed by atoms with Gasteiger partial charge in [0.2, 0.25) is 0 Å². The SMILES string of the molecule is COCc1cc(C(=O)OC(C)(C)C)ccc1-c1ccc(I)cc1. The molecule has 23 heavy (non-hydrogen) atoms. The molecule has 0 spiro atoms. The molecular weight excluding hydrogens is 403 g/mol. The highest BCUT2D eigenvalue weighted by molar-refractivity contribution is 14.1. The van der Waals surface area contributed by atoms with E-state index in [1.165, 1.54) is 3.57 Å². The first-order valence-corrected chi connectivity index (χ1v) is 8.49. The van der Waals surface area contributed by atoms with Crippen molar-refractivity contribution in [3.05, 3.63) is 57.2 Å². The Balaban J connectivity index is 2.38. The Kier molecular flexibility index (Phi) is 5.81. The van der Waals surface area contributed by atoms with Crippen molar-refractivity contribution in [2.45, 2.75) is 33.0 Å². The van der Waals surface area contributed by atoms with E-state index < -0.39 is 5.60 Å². The zero-order chi connectivity index (χ0) is 17.0. The first kappa shape index (κ1) is 17.9. The molecular formula is C19H21IO3. The summed E-state index contributed by atoms with van der Waals surface area (Å²) in [6, 6.07) is 13.9. The van der Waals surface area contributed by atoms with Gasteiger partial charge < -0.3 is 9.47 Å². The van der Waals surface area contributed by atoms with Crippen molar-refractivity contribution in [3.8, 4) is 11.1 Å². The number of rotatable bonds is 4. The zero-order valence-corrected chi connectivity index (χ0v) is 16.0. The number of carbonyl (C=O) groups is 1. The first-order chi connectivity index (χ1) is 10.8. The number of hydrogen-bond donors (Lipinski definition) is 0. The molecule has 2 rings (SSSR count). The van der Waals surface area contributed by atoms with Crippen LogP contribution in [0.25, 0.3) is 11.1 Å². The molecule has 0 atom stereocenters. The summed E-state index contributed by atoms with van der Waals surface area (Å²) in [7, 11) is 1.65. The van der Waals surface area contributed by atoms with Crippen LogP contribution in [0.3, 0.4) is 0 Å². The van der Waals surface area contributed by atoms with Gasteiger partial charge >= 0.3 is 5.97 Å². The van der Waals surface area contributed by atoms with Crippen molar-refractivity contribution in [2.75, 3.05) is 7.11 Å². The number of esters is 1. The van der Waals surface area contributed by atoms with Crippen LogP contribution in [0.5, 0.6) is 0 Å². The topological polar surface area (TPSA) is 35.5 Å². The van der Waals surface area contributed by atoms with Gasteiger partial charge in [-0.05, 0) is 84.3 Å². The van der Waals surface area contributed by atoms with E-state index in [0.717, 1.165) is 16.7 Å². The molecule has 4 heteroatoms. The van der Waals surface area contributed by atoms with Crippen LogP contribution in [0, 0.1) is 3.57 Å². The third kappa shape index (κ3) is 5.04. The van der Waals surface area contributed by atoms with E-state index in [2.05, 4.69) is 46.9 Å². The average Bonchev–Trinajstić information content (AvgIpc) is 2.47. The second-order valence-corrected chi connectivity index (χ2v) is 7.56. The van der Waals surface area contributed by atoms with E-state index in [1.54, 1.807) is 13.2 Å². The van der Waals surface area contributed by atoms with Crippen molar-refractivity contribution in [2.24, 2.45) is 0 Å². The summed E-state index contributed by atoms with van der Waals surface area (Å²) in [5.74, 6) is -0.316. The Labute approximate surface area is 151 Å². The summed E-state index contributed by atoms with van der Waals surface area (Å²) < 4.78 is 11.9. The molecule has 122 valence electrons. The maximum absolute atomic E-state index is 12.2. The van der Waals surface area contributed by atoms with Crippen LogP contribution in [-0.4, -0.2) is 18.7 Å². The molecule has 0 aliphatic carbocycles. The average molecular weight is 424 g/mol. The minimum atomic E-state index is -0.507. The van der Waals surface area contributed by atoms with Crippen LogP contribution in [0.15, 0.2) is 42.5 Å². The number of benzene rings is 2. The summed E-state index contributed by atoms with van der Waals surface area (Å²) in [4.78, 5) is 12.2. The molecule has 0 aromatic heterocycles. The quantitative estimate of drug-likeness (QED) is 0.509. The van der Waals surface area contributed by atoms with Crippen molar-refractivity contribution in [3.63, 3.8) is 0 Å². The Bertz CT molecular complexity index is 685. The lowest BCUT2D eigenvalue weighted by Crippen LogP contribution is -2.24. The number of methoxy groups -OCH3 is 1. The lowest BCUT2D eigenvalue weighted by Gasteiger charge is -2.20. The molecule has 0 heterocycles. The van der Waals surface area contributed by atoms with Gasteiger partial charge in [-0.25, -0.2) is 4.79 Å². The number of halogens is 1. The minimum absolute atomic E-state index is 0.316. The summed E-state index contributed by atoms with van der Waals surface area (Å²) in [6.45, 7) is 6.03. The van der Waals surface area contributed by atoms with Gasteiger partial charge in [-0.15, -0.1) is 0 Å². The Hall–Kier alpha value is -1.40. The normalized spacial score (nSPS) is 11.3. The van der Waals surface area contributed by atoms with Crippen LogP contribution in [0.4, 0.5) is 0 Å². The predicted octanol–water partition coefficient (Wildman–Crippen LogP) is 5.06. The fourth-order valence-electron chi connectivity index (χ4n) is 2.24. The third-order valence-electron chi connectivity index (χ3n) is 3.19. The van der Waals surface area contributed by atoms with Crippen LogP contribution in [-0.2, 0) is 16.1 Å². The largest absolute Gasteiger partial charge is 0.456 e. The van der Waals surface area contributed by atoms with Gasteiger partial charge in [0.15, 0.2) is 0 Å². The molecule has 0 amide bonds. The second-order valence-electron chi connectivity index (χ2n) is 6.31. The van der Waals surface area contributed by atoms with Crippen LogP contribution in [0.2, 0.25) is 0 Å². The summed E-state index contributed by atoms with van der Waals surface area (Å²) in [5.41, 5.74) is 3.18. The Morgan fingerprint density at radius 3 is 2.30 bits per heavy atom. The molecule has 2 aromatic rings. The maximum Gasteiger partial charge on any atom is 0.338 e. The highest BCUT2D eigenvalue weighted by atomic mass is 127. The van der Waals surface area contributed by atoms with Gasteiger partial charge in [0, 0.05) is 10.7 Å². The molecule has 0 radical (unpaired) electrons. The summed E-state index contributed by atoms with van der Waals surface area (Å²) >= 11 is 2.28. The fraction of sp³-hybridized carbons (Fsp3) is 0.316. The van der Waals surface area contributed by atoms with Gasteiger partial charge in [0.05, 0.1) is 12.2 Å². The van der Waals surface area contributed by atoms with E-state index in [9.17, 15) is 4.79 Å². The molecule has 0 saturated carbocycles. The molecule has 0 fully saturated rings. The summed E-state index contributed by atoms with van der Waals surface area (Å²) in [6.07, 6.45) is 0. The molecule has 0 N–H and O–H groups in total. The monoisotopic (exact) mass is 424 g/mol. The Morgan fingerprint density at radius 1 is 1.09 bits per heavy atom. The second kappa shape index (κ2) is 7.45. The van der Waals surface area contributed by atoms with Crippen molar-refractivity contribution in [1.29, 1.82) is 0 Å². The summed E-state index contributed by atoms with van der Waals surface area (Å²) in [5, 5.41) is 0. The minimum Gasteiger partial charge on any atom is -0.456 e. The van der Waals surface area contributed by atoms with Gasteiger partial charge in [0.25, 0.3) is 0 Å². The molecule has 0 aliphatic rings. The van der Waals surface area contributed by atoms with Gasteiger partial charge in [-0.2, -0.15) is 0 Å². The molecule has 0 aliphatic heterocycles. The van der Waals surface area contributed by atoms with E-state index in [0.29, 0.717) is 12.2 Å². The molecule has 0 saturated heterocycles. The standard InChI is InChI=1S/C19H21IO3/c1-19(2,3)23-18(21)14-7-10-17(15(11-14)12-22-4)13-5-8-16(20)9-6-13/h5-11H,12H2,1-4H3. The Morgan fingerprint density at radius 2 is 1.74 bits per heavy atom. The van der Waals surface area contributed by atoms with Crippen LogP contribution in [0.1, 0.15) is 36.7 Å². The predicted molar refractivity (Wildman–Crippen MR) is 100 cm³/mol. The number of carbonyl (C=O) groups excluding carboxylic acids is 1. The molecule has 2 aromatic carbocycles. The smallest absolute Gasteiger partial charge is 0.338 e. The third-order valence-corrected chi connectivity index (χ3v) is 3.91. The van der Waals surface area contributed by atoms with Crippen molar-refractivity contribution >= 4 is 28.6 Å². The van der Waals surface area contributed by atoms with E-state index in [-0.39, 0.29) is 5.97 Å². The number of hydrogen-bond acceptors (Lipinski definition) is 3. The van der Waals surface area contributed by atoms with Crippen molar-refractivity contribution < 1.29 is 14.3 Å². The number of ether oxygens (including phenoxy) is 2. The van der Waals surface area contributed by atoms with E-state index in [1.807, 2.05) is 32.9 Å². The van der Waals surface area contributed by atoms with Crippen molar-refractivity contribution in [1.82, 2.24) is 0 Å². The molecule has 0 bridgehead atoms. The first-order valence-electron chi connectivity index (χ1n) is 7.41. The fourth-order valence-corrected chi connectivity index (χ4v) is 2.60. The van der Waals surface area contributed by atoms with E-state index >= 15 is 0 Å². The van der Waals surface area contributed by atoms with Gasteiger partial charge in [-0.3, -0.25) is 0 Å². The van der Waals surface area contributed by atoms with Gasteiger partial charge in [0.1, 0.15) is 5.60 Å². The van der Waals surface area contributed by atoms with Gasteiger partial charge in [-0.1, -0.05) is 18.2 Å².